The van der Waals surface area contributed by atoms with Gasteiger partial charge in [-0.25, -0.2) is 4.79 Å². The molecule has 0 amide bonds. The van der Waals surface area contributed by atoms with Crippen LogP contribution in [0, 0.1) is 11.3 Å². The third-order valence-electron chi connectivity index (χ3n) is 8.46. The van der Waals surface area contributed by atoms with Crippen LogP contribution in [-0.2, 0) is 23.7 Å². The summed E-state index contributed by atoms with van der Waals surface area (Å²) in [6.07, 6.45) is -5.04. The Morgan fingerprint density at radius 3 is 2.74 bits per heavy atom. The molecule has 5 N–H and O–H groups in total. The minimum Gasteiger partial charge on any atom is -0.461 e. The first-order valence-corrected chi connectivity index (χ1v) is 11.2. The molecule has 6 bridgehead atoms. The van der Waals surface area contributed by atoms with Crippen LogP contribution in [0.4, 0.5) is 0 Å². The van der Waals surface area contributed by atoms with Crippen molar-refractivity contribution in [1.29, 1.82) is 0 Å². The smallest absolute Gasteiger partial charge is 0.339 e. The summed E-state index contributed by atoms with van der Waals surface area (Å²) in [5.74, 6) is -2.58. The van der Waals surface area contributed by atoms with Gasteiger partial charge < -0.3 is 49.2 Å². The van der Waals surface area contributed by atoms with E-state index in [4.69, 9.17) is 23.7 Å². The van der Waals surface area contributed by atoms with Gasteiger partial charge in [-0.15, -0.1) is 0 Å². The summed E-state index contributed by atoms with van der Waals surface area (Å²) in [4.78, 5) is 16.6. The number of aliphatic hydroxyl groups is 5. The summed E-state index contributed by atoms with van der Waals surface area (Å²) in [5.41, 5.74) is -3.15. The Hall–Kier alpha value is -1.74. The Morgan fingerprint density at radius 1 is 1.24 bits per heavy atom. The maximum atomic E-state index is 12.7. The van der Waals surface area contributed by atoms with Crippen molar-refractivity contribution in [1.82, 2.24) is 4.98 Å². The van der Waals surface area contributed by atoms with Crippen molar-refractivity contribution in [3.05, 3.63) is 30.1 Å². The van der Waals surface area contributed by atoms with Gasteiger partial charge in [0.2, 0.25) is 0 Å². The first-order chi connectivity index (χ1) is 16.1. The van der Waals surface area contributed by atoms with E-state index in [2.05, 4.69) is 4.98 Å². The summed E-state index contributed by atoms with van der Waals surface area (Å²) in [5, 5.41) is 51.7. The van der Waals surface area contributed by atoms with E-state index in [9.17, 15) is 30.3 Å². The molecule has 12 heteroatoms. The Kier molecular flexibility index (Phi) is 4.78. The van der Waals surface area contributed by atoms with Gasteiger partial charge >= 0.3 is 5.97 Å². The third-order valence-corrected chi connectivity index (χ3v) is 8.46. The number of carbonyl (C=O) groups is 1. The Labute approximate surface area is 194 Å². The fourth-order valence-corrected chi connectivity index (χ4v) is 6.78. The molecule has 0 radical (unpaired) electrons. The highest BCUT2D eigenvalue weighted by Gasteiger charge is 2.94. The van der Waals surface area contributed by atoms with Crippen molar-refractivity contribution in [3.8, 4) is 0 Å². The van der Waals surface area contributed by atoms with Crippen LogP contribution in [0.25, 0.3) is 0 Å². The van der Waals surface area contributed by atoms with Gasteiger partial charge in [0.15, 0.2) is 18.4 Å². The number of aromatic nitrogens is 1. The van der Waals surface area contributed by atoms with Crippen molar-refractivity contribution in [2.75, 3.05) is 13.2 Å². The summed E-state index contributed by atoms with van der Waals surface area (Å²) >= 11 is 0. The second-order valence-corrected chi connectivity index (χ2v) is 10.1. The maximum absolute atomic E-state index is 12.7. The molecule has 7 aliphatic rings. The van der Waals surface area contributed by atoms with Crippen molar-refractivity contribution in [3.63, 3.8) is 0 Å². The zero-order valence-corrected chi connectivity index (χ0v) is 18.3. The third kappa shape index (κ3) is 2.58. The summed E-state index contributed by atoms with van der Waals surface area (Å²) in [6, 6.07) is 3.17. The normalized spacial score (nSPS) is 52.5. The largest absolute Gasteiger partial charge is 0.461 e. The van der Waals surface area contributed by atoms with Gasteiger partial charge in [0.1, 0.15) is 42.2 Å². The topological polar surface area (TPSA) is 177 Å². The molecule has 8 rings (SSSR count). The average molecular weight is 481 g/mol. The van der Waals surface area contributed by atoms with Gasteiger partial charge in [-0.3, -0.25) is 4.98 Å². The van der Waals surface area contributed by atoms with Crippen LogP contribution in [0.5, 0.6) is 0 Å². The lowest BCUT2D eigenvalue weighted by Crippen LogP contribution is -2.80. The summed E-state index contributed by atoms with van der Waals surface area (Å²) in [6.45, 7) is 0.941. The van der Waals surface area contributed by atoms with Gasteiger partial charge in [0.25, 0.3) is 0 Å². The highest BCUT2D eigenvalue weighted by Crippen LogP contribution is 2.81. The van der Waals surface area contributed by atoms with Gasteiger partial charge in [-0.1, -0.05) is 0 Å². The number of hydrogen-bond donors (Lipinski definition) is 5. The lowest BCUT2D eigenvalue weighted by atomic mass is 9.41. The zero-order chi connectivity index (χ0) is 24.1. The number of hydrogen-bond acceptors (Lipinski definition) is 12. The zero-order valence-electron chi connectivity index (χ0n) is 18.3. The van der Waals surface area contributed by atoms with Gasteiger partial charge in [-0.2, -0.15) is 0 Å². The molecule has 12 nitrogen and oxygen atoms in total. The monoisotopic (exact) mass is 481 g/mol. The lowest BCUT2D eigenvalue weighted by molar-refractivity contribution is -0.424. The van der Waals surface area contributed by atoms with Crippen LogP contribution in [0.15, 0.2) is 24.5 Å². The minimum atomic E-state index is -1.62. The van der Waals surface area contributed by atoms with Crippen LogP contribution in [-0.4, -0.2) is 104 Å². The quantitative estimate of drug-likeness (QED) is 0.284. The minimum absolute atomic E-state index is 0.0802. The van der Waals surface area contributed by atoms with Gasteiger partial charge in [-0.05, 0) is 25.5 Å². The number of ether oxygens (including phenoxy) is 5. The van der Waals surface area contributed by atoms with Crippen molar-refractivity contribution < 1.29 is 54.0 Å². The molecular formula is C22H27NO11. The van der Waals surface area contributed by atoms with Crippen molar-refractivity contribution in [2.24, 2.45) is 11.3 Å². The molecule has 186 valence electrons. The molecule has 0 unspecified atom stereocenters. The molecule has 34 heavy (non-hydrogen) atoms. The van der Waals surface area contributed by atoms with Crippen molar-refractivity contribution in [2.45, 2.75) is 73.8 Å². The van der Waals surface area contributed by atoms with Crippen LogP contribution >= 0.6 is 0 Å². The average Bonchev–Trinajstić information content (AvgIpc) is 3.00. The first-order valence-electron chi connectivity index (χ1n) is 11.2. The fourth-order valence-electron chi connectivity index (χ4n) is 6.78. The molecule has 1 aromatic heterocycles. The number of rotatable bonds is 6. The molecule has 0 spiro atoms. The van der Waals surface area contributed by atoms with E-state index in [1.165, 1.54) is 12.4 Å². The molecule has 4 saturated heterocycles. The van der Waals surface area contributed by atoms with Gasteiger partial charge in [0, 0.05) is 24.7 Å². The number of esters is 1. The van der Waals surface area contributed by atoms with Crippen LogP contribution in [0.3, 0.4) is 0 Å². The van der Waals surface area contributed by atoms with E-state index < -0.39 is 77.9 Å². The standard InChI is InChI=1S/C22H27NO11/c1-19-8-21(29)12-5-22(19,32-17-15(27)14(26)13(25)11(7-24)31-17)20(12,18(33-19)34-21)9-30-16(28)10-3-2-4-23-6-10/h2-4,6,11-15,17-18,24-27,29H,5,7-9H2,1H3/t11-,12-,13-,14+,15-,17+,18-,19+,20+,21-,22+/m1/s1. The number of nitrogens with zero attached hydrogens (tertiary/aromatic N) is 1. The highest BCUT2D eigenvalue weighted by atomic mass is 16.8. The van der Waals surface area contributed by atoms with Crippen LogP contribution in [0.2, 0.25) is 0 Å². The Morgan fingerprint density at radius 2 is 2.03 bits per heavy atom. The highest BCUT2D eigenvalue weighted by molar-refractivity contribution is 5.88. The molecule has 0 aromatic carbocycles. The second kappa shape index (κ2) is 7.15. The van der Waals surface area contributed by atoms with E-state index in [-0.39, 0.29) is 25.0 Å². The first kappa shape index (κ1) is 22.7. The summed E-state index contributed by atoms with van der Waals surface area (Å²) < 4.78 is 29.6. The molecule has 4 aliphatic heterocycles. The molecular weight excluding hydrogens is 454 g/mol. The fraction of sp³-hybridized carbons (Fsp3) is 0.727. The van der Waals surface area contributed by atoms with Crippen molar-refractivity contribution >= 4 is 5.97 Å². The van der Waals surface area contributed by atoms with E-state index in [0.717, 1.165) is 0 Å². The molecule has 3 aliphatic carbocycles. The van der Waals surface area contributed by atoms with Crippen LogP contribution in [0.1, 0.15) is 30.1 Å². The van der Waals surface area contributed by atoms with E-state index in [1.807, 2.05) is 0 Å². The Bertz CT molecular complexity index is 994. The van der Waals surface area contributed by atoms with Crippen LogP contribution < -0.4 is 0 Å². The SMILES string of the molecule is C[C@@]12C[C@@]3(O)O[C@@H](O1)[C@]1(COC(=O)c4cccnc4)[C@H]3C[C@@]12O[C@@H]1O[C@H](CO)[C@@H](O)[C@H](O)[C@H]1O. The predicted octanol–water partition coefficient (Wildman–Crippen LogP) is -1.96. The van der Waals surface area contributed by atoms with E-state index >= 15 is 0 Å². The number of aliphatic hydroxyl groups excluding tert-OH is 4. The molecule has 7 fully saturated rings. The predicted molar refractivity (Wildman–Crippen MR) is 107 cm³/mol. The van der Waals surface area contributed by atoms with Gasteiger partial charge in [0.05, 0.1) is 17.6 Å². The van der Waals surface area contributed by atoms with E-state index in [1.54, 1.807) is 19.1 Å². The number of pyridine rings is 1. The molecule has 3 saturated carbocycles. The molecule has 5 heterocycles. The molecule has 11 atom stereocenters. The number of carbonyl (C=O) groups excluding carboxylic acids is 1. The maximum Gasteiger partial charge on any atom is 0.339 e. The summed E-state index contributed by atoms with van der Waals surface area (Å²) in [7, 11) is 0. The lowest BCUT2D eigenvalue weighted by Gasteiger charge is -2.67. The Balaban J connectivity index is 1.32. The van der Waals surface area contributed by atoms with E-state index in [0.29, 0.717) is 0 Å². The second-order valence-electron chi connectivity index (χ2n) is 10.1. The molecule has 1 aromatic rings.